The third kappa shape index (κ3) is 2.39. The molecule has 2 aromatic carbocycles. The maximum absolute atomic E-state index is 14.2. The van der Waals surface area contributed by atoms with Gasteiger partial charge in [-0.2, -0.15) is 0 Å². The highest BCUT2D eigenvalue weighted by Crippen LogP contribution is 2.32. The third-order valence-corrected chi connectivity index (χ3v) is 3.49. The van der Waals surface area contributed by atoms with E-state index in [1.807, 2.05) is 0 Å². The van der Waals surface area contributed by atoms with Gasteiger partial charge in [-0.25, -0.2) is 8.78 Å². The van der Waals surface area contributed by atoms with E-state index in [0.29, 0.717) is 16.9 Å². The van der Waals surface area contributed by atoms with Crippen molar-refractivity contribution in [2.75, 3.05) is 7.11 Å². The molecule has 0 aromatic heterocycles. The molecule has 0 saturated heterocycles. The molecule has 1 unspecified atom stereocenters. The number of aryl methyl sites for hydroxylation is 1. The SMILES string of the molecule is COc1ccc(C(C)(N)c2c(F)ccc(C)c2F)cc1. The molecule has 106 valence electrons. The molecule has 0 fully saturated rings. The molecule has 0 heterocycles. The molecule has 2 rings (SSSR count). The molecule has 0 spiro atoms. The fourth-order valence-corrected chi connectivity index (χ4v) is 2.21. The van der Waals surface area contributed by atoms with Crippen molar-refractivity contribution in [2.45, 2.75) is 19.4 Å². The monoisotopic (exact) mass is 277 g/mol. The lowest BCUT2D eigenvalue weighted by Gasteiger charge is -2.27. The minimum absolute atomic E-state index is 0.123. The normalized spacial score (nSPS) is 13.9. The predicted molar refractivity (Wildman–Crippen MR) is 74.7 cm³/mol. The smallest absolute Gasteiger partial charge is 0.134 e. The first-order chi connectivity index (χ1) is 9.37. The summed E-state index contributed by atoms with van der Waals surface area (Å²) in [5.41, 5.74) is 5.80. The summed E-state index contributed by atoms with van der Waals surface area (Å²) in [7, 11) is 1.55. The molecule has 0 amide bonds. The number of ether oxygens (including phenoxy) is 1. The van der Waals surface area contributed by atoms with E-state index in [4.69, 9.17) is 10.5 Å². The van der Waals surface area contributed by atoms with Crippen LogP contribution in [0.25, 0.3) is 0 Å². The largest absolute Gasteiger partial charge is 0.497 e. The summed E-state index contributed by atoms with van der Waals surface area (Å²) in [4.78, 5) is 0. The van der Waals surface area contributed by atoms with Crippen LogP contribution in [0.5, 0.6) is 5.75 Å². The number of methoxy groups -OCH3 is 1. The van der Waals surface area contributed by atoms with Crippen LogP contribution >= 0.6 is 0 Å². The van der Waals surface area contributed by atoms with Gasteiger partial charge in [-0.15, -0.1) is 0 Å². The van der Waals surface area contributed by atoms with Gasteiger partial charge in [0.25, 0.3) is 0 Å². The molecule has 0 aliphatic heterocycles. The van der Waals surface area contributed by atoms with Crippen LogP contribution in [0, 0.1) is 18.6 Å². The third-order valence-electron chi connectivity index (χ3n) is 3.49. The summed E-state index contributed by atoms with van der Waals surface area (Å²) >= 11 is 0. The average molecular weight is 277 g/mol. The molecule has 0 saturated carbocycles. The molecule has 2 aromatic rings. The van der Waals surface area contributed by atoms with Crippen molar-refractivity contribution in [3.63, 3.8) is 0 Å². The van der Waals surface area contributed by atoms with Crippen molar-refractivity contribution < 1.29 is 13.5 Å². The van der Waals surface area contributed by atoms with Crippen LogP contribution in [0.4, 0.5) is 8.78 Å². The minimum atomic E-state index is -1.26. The topological polar surface area (TPSA) is 35.2 Å². The van der Waals surface area contributed by atoms with E-state index < -0.39 is 17.2 Å². The van der Waals surface area contributed by atoms with Crippen LogP contribution in [-0.4, -0.2) is 7.11 Å². The maximum atomic E-state index is 14.2. The first kappa shape index (κ1) is 14.5. The van der Waals surface area contributed by atoms with Gasteiger partial charge in [-0.05, 0) is 43.2 Å². The zero-order chi connectivity index (χ0) is 14.9. The van der Waals surface area contributed by atoms with Crippen molar-refractivity contribution in [3.8, 4) is 5.75 Å². The van der Waals surface area contributed by atoms with Gasteiger partial charge in [0.15, 0.2) is 0 Å². The maximum Gasteiger partial charge on any atom is 0.134 e. The van der Waals surface area contributed by atoms with Crippen molar-refractivity contribution >= 4 is 0 Å². The van der Waals surface area contributed by atoms with Crippen LogP contribution in [0.1, 0.15) is 23.6 Å². The zero-order valence-electron chi connectivity index (χ0n) is 11.7. The molecule has 4 heteroatoms. The van der Waals surface area contributed by atoms with E-state index >= 15 is 0 Å². The molecule has 1 atom stereocenters. The zero-order valence-corrected chi connectivity index (χ0v) is 11.7. The molecule has 2 N–H and O–H groups in total. The molecule has 0 radical (unpaired) electrons. The Bertz CT molecular complexity index is 621. The molecule has 2 nitrogen and oxygen atoms in total. The standard InChI is InChI=1S/C16H17F2NO/c1-10-4-9-13(17)14(15(10)18)16(2,19)11-5-7-12(20-3)8-6-11/h4-9H,19H2,1-3H3. The summed E-state index contributed by atoms with van der Waals surface area (Å²) in [5.74, 6) is -0.588. The van der Waals surface area contributed by atoms with Crippen LogP contribution in [-0.2, 0) is 5.54 Å². The highest BCUT2D eigenvalue weighted by Gasteiger charge is 2.31. The number of nitrogens with two attached hydrogens (primary N) is 1. The molecule has 0 aliphatic carbocycles. The first-order valence-corrected chi connectivity index (χ1v) is 6.26. The van der Waals surface area contributed by atoms with E-state index in [-0.39, 0.29) is 5.56 Å². The number of hydrogen-bond donors (Lipinski definition) is 1. The second kappa shape index (κ2) is 5.21. The van der Waals surface area contributed by atoms with Gasteiger partial charge in [0.2, 0.25) is 0 Å². The lowest BCUT2D eigenvalue weighted by atomic mass is 9.84. The minimum Gasteiger partial charge on any atom is -0.497 e. The first-order valence-electron chi connectivity index (χ1n) is 6.26. The highest BCUT2D eigenvalue weighted by atomic mass is 19.1. The van der Waals surface area contributed by atoms with Gasteiger partial charge in [0.1, 0.15) is 17.4 Å². The summed E-state index contributed by atoms with van der Waals surface area (Å²) in [5, 5.41) is 0. The Balaban J connectivity index is 2.56. The number of halogens is 2. The van der Waals surface area contributed by atoms with E-state index in [9.17, 15) is 8.78 Å². The Morgan fingerprint density at radius 2 is 1.65 bits per heavy atom. The quantitative estimate of drug-likeness (QED) is 0.932. The van der Waals surface area contributed by atoms with Gasteiger partial charge in [0.05, 0.1) is 12.6 Å². The summed E-state index contributed by atoms with van der Waals surface area (Å²) in [6.07, 6.45) is 0. The van der Waals surface area contributed by atoms with Gasteiger partial charge < -0.3 is 10.5 Å². The Morgan fingerprint density at radius 1 is 1.05 bits per heavy atom. The van der Waals surface area contributed by atoms with Crippen molar-refractivity contribution in [2.24, 2.45) is 5.73 Å². The van der Waals surface area contributed by atoms with Crippen LogP contribution in [0.2, 0.25) is 0 Å². The van der Waals surface area contributed by atoms with E-state index in [1.54, 1.807) is 45.2 Å². The second-order valence-corrected chi connectivity index (χ2v) is 4.98. The second-order valence-electron chi connectivity index (χ2n) is 4.98. The molecular formula is C16H17F2NO. The summed E-state index contributed by atoms with van der Waals surface area (Å²) in [6.45, 7) is 3.18. The number of hydrogen-bond acceptors (Lipinski definition) is 2. The van der Waals surface area contributed by atoms with Gasteiger partial charge in [0, 0.05) is 5.56 Å². The fourth-order valence-electron chi connectivity index (χ4n) is 2.21. The molecular weight excluding hydrogens is 260 g/mol. The number of benzene rings is 2. The van der Waals surface area contributed by atoms with Gasteiger partial charge >= 0.3 is 0 Å². The predicted octanol–water partition coefficient (Wildman–Crippen LogP) is 3.50. The fraction of sp³-hybridized carbons (Fsp3) is 0.250. The van der Waals surface area contributed by atoms with Crippen LogP contribution in [0.15, 0.2) is 36.4 Å². The van der Waals surface area contributed by atoms with Crippen molar-refractivity contribution in [3.05, 3.63) is 64.7 Å². The van der Waals surface area contributed by atoms with Crippen LogP contribution in [0.3, 0.4) is 0 Å². The molecule has 20 heavy (non-hydrogen) atoms. The van der Waals surface area contributed by atoms with E-state index in [1.165, 1.54) is 12.1 Å². The number of rotatable bonds is 3. The average Bonchev–Trinajstić information content (AvgIpc) is 2.43. The van der Waals surface area contributed by atoms with E-state index in [2.05, 4.69) is 0 Å². The lowest BCUT2D eigenvalue weighted by Crippen LogP contribution is -2.36. The Hall–Kier alpha value is -1.94. The van der Waals surface area contributed by atoms with Crippen molar-refractivity contribution in [1.82, 2.24) is 0 Å². The Morgan fingerprint density at radius 3 is 2.20 bits per heavy atom. The summed E-state index contributed by atoms with van der Waals surface area (Å²) in [6, 6.07) is 9.48. The Labute approximate surface area is 117 Å². The summed E-state index contributed by atoms with van der Waals surface area (Å²) < 4.78 is 33.3. The van der Waals surface area contributed by atoms with Crippen molar-refractivity contribution in [1.29, 1.82) is 0 Å². The molecule has 0 aliphatic rings. The van der Waals surface area contributed by atoms with Crippen LogP contribution < -0.4 is 10.5 Å². The molecule has 0 bridgehead atoms. The van der Waals surface area contributed by atoms with Gasteiger partial charge in [-0.3, -0.25) is 0 Å². The van der Waals surface area contributed by atoms with Gasteiger partial charge in [-0.1, -0.05) is 18.2 Å². The van der Waals surface area contributed by atoms with E-state index in [0.717, 1.165) is 0 Å². The lowest BCUT2D eigenvalue weighted by molar-refractivity contribution is 0.414. The highest BCUT2D eigenvalue weighted by molar-refractivity contribution is 5.42. The Kier molecular flexibility index (Phi) is 3.77.